The summed E-state index contributed by atoms with van der Waals surface area (Å²) in [5.74, 6) is 1.66. The van der Waals surface area contributed by atoms with Gasteiger partial charge in [-0.05, 0) is 45.4 Å². The number of rotatable bonds is 3. The van der Waals surface area contributed by atoms with Gasteiger partial charge in [0.15, 0.2) is 0 Å². The van der Waals surface area contributed by atoms with Crippen LogP contribution in [0.5, 0.6) is 0 Å². The number of carbonyl (C=O) groups excluding carboxylic acids is 2. The third kappa shape index (κ3) is 2.72. The van der Waals surface area contributed by atoms with Crippen molar-refractivity contribution in [2.45, 2.75) is 46.0 Å². The van der Waals surface area contributed by atoms with E-state index in [1.54, 1.807) is 13.8 Å². The second kappa shape index (κ2) is 5.60. The monoisotopic (exact) mass is 331 g/mol. The highest BCUT2D eigenvalue weighted by Crippen LogP contribution is 2.43. The van der Waals surface area contributed by atoms with E-state index in [0.717, 1.165) is 31.8 Å². The number of piperidine rings is 1. The first-order chi connectivity index (χ1) is 11.5. The molecule has 6 heteroatoms. The van der Waals surface area contributed by atoms with Crippen LogP contribution in [0.3, 0.4) is 0 Å². The topological polar surface area (TPSA) is 66.7 Å². The number of aromatic nitrogens is 1. The fourth-order valence-corrected chi connectivity index (χ4v) is 4.23. The van der Waals surface area contributed by atoms with Gasteiger partial charge < -0.3 is 14.3 Å². The van der Waals surface area contributed by atoms with Crippen LogP contribution in [0.2, 0.25) is 0 Å². The minimum atomic E-state index is 0.0141. The molecule has 3 fully saturated rings. The van der Waals surface area contributed by atoms with E-state index in [-0.39, 0.29) is 11.3 Å². The molecule has 0 aromatic carbocycles. The van der Waals surface area contributed by atoms with Crippen LogP contribution in [-0.2, 0) is 4.79 Å². The molecule has 2 aliphatic heterocycles. The van der Waals surface area contributed by atoms with Crippen molar-refractivity contribution in [2.24, 2.45) is 11.3 Å². The quantitative estimate of drug-likeness (QED) is 0.851. The lowest BCUT2D eigenvalue weighted by atomic mass is 9.77. The van der Waals surface area contributed by atoms with E-state index in [2.05, 4.69) is 10.1 Å². The van der Waals surface area contributed by atoms with E-state index in [1.807, 2.05) is 4.90 Å². The molecule has 0 unspecified atom stereocenters. The van der Waals surface area contributed by atoms with Gasteiger partial charge in [-0.15, -0.1) is 0 Å². The summed E-state index contributed by atoms with van der Waals surface area (Å²) in [6.45, 7) is 6.85. The minimum absolute atomic E-state index is 0.0141. The molecule has 1 spiro atoms. The van der Waals surface area contributed by atoms with Gasteiger partial charge in [0, 0.05) is 38.0 Å². The standard InChI is InChI=1S/C18H25N3O3/c1-12-16(13(2)24-19-12)17(23)20-7-5-18(6-8-20)9-15(22)21(11-18)10-14-3-4-14/h14H,3-11H2,1-2H3. The summed E-state index contributed by atoms with van der Waals surface area (Å²) in [7, 11) is 0. The van der Waals surface area contributed by atoms with Crippen molar-refractivity contribution in [1.82, 2.24) is 15.0 Å². The molecule has 0 atom stereocenters. The van der Waals surface area contributed by atoms with Crippen molar-refractivity contribution in [3.8, 4) is 0 Å². The highest BCUT2D eigenvalue weighted by molar-refractivity contribution is 5.96. The molecule has 6 nitrogen and oxygen atoms in total. The molecule has 4 rings (SSSR count). The molecule has 1 aromatic heterocycles. The number of hydrogen-bond donors (Lipinski definition) is 0. The summed E-state index contributed by atoms with van der Waals surface area (Å²) in [6.07, 6.45) is 5.03. The van der Waals surface area contributed by atoms with E-state index < -0.39 is 0 Å². The average molecular weight is 331 g/mol. The van der Waals surface area contributed by atoms with Gasteiger partial charge in [0.25, 0.3) is 5.91 Å². The third-order valence-electron chi connectivity index (χ3n) is 5.94. The molecule has 0 bridgehead atoms. The SMILES string of the molecule is Cc1noc(C)c1C(=O)N1CCC2(CC1)CC(=O)N(CC1CC1)C2. The van der Waals surface area contributed by atoms with E-state index in [1.165, 1.54) is 12.8 Å². The number of amides is 2. The second-order valence-electron chi connectivity index (χ2n) is 7.89. The largest absolute Gasteiger partial charge is 0.361 e. The summed E-state index contributed by atoms with van der Waals surface area (Å²) < 4.78 is 5.12. The molecule has 1 saturated carbocycles. The van der Waals surface area contributed by atoms with Gasteiger partial charge in [0.1, 0.15) is 11.3 Å². The van der Waals surface area contributed by atoms with E-state index >= 15 is 0 Å². The molecule has 0 N–H and O–H groups in total. The number of hydrogen-bond acceptors (Lipinski definition) is 4. The summed E-state index contributed by atoms with van der Waals surface area (Å²) in [5.41, 5.74) is 1.34. The van der Waals surface area contributed by atoms with Crippen molar-refractivity contribution >= 4 is 11.8 Å². The molecular weight excluding hydrogens is 306 g/mol. The van der Waals surface area contributed by atoms with Crippen LogP contribution >= 0.6 is 0 Å². The van der Waals surface area contributed by atoms with Crippen molar-refractivity contribution in [1.29, 1.82) is 0 Å². The molecule has 24 heavy (non-hydrogen) atoms. The van der Waals surface area contributed by atoms with Crippen LogP contribution < -0.4 is 0 Å². The Bertz CT molecular complexity index is 650. The molecule has 3 heterocycles. The van der Waals surface area contributed by atoms with Crippen LogP contribution in [0.15, 0.2) is 4.52 Å². The van der Waals surface area contributed by atoms with Gasteiger partial charge in [-0.2, -0.15) is 0 Å². The first kappa shape index (κ1) is 15.7. The Morgan fingerprint density at radius 1 is 1.29 bits per heavy atom. The molecule has 0 radical (unpaired) electrons. The van der Waals surface area contributed by atoms with Crippen LogP contribution in [0.4, 0.5) is 0 Å². The van der Waals surface area contributed by atoms with Crippen LogP contribution in [0.25, 0.3) is 0 Å². The van der Waals surface area contributed by atoms with Gasteiger partial charge >= 0.3 is 0 Å². The Morgan fingerprint density at radius 3 is 2.58 bits per heavy atom. The fraction of sp³-hybridized carbons (Fsp3) is 0.722. The van der Waals surface area contributed by atoms with Crippen LogP contribution in [-0.4, -0.2) is 52.9 Å². The maximum Gasteiger partial charge on any atom is 0.259 e. The highest BCUT2D eigenvalue weighted by atomic mass is 16.5. The van der Waals surface area contributed by atoms with E-state index in [9.17, 15) is 9.59 Å². The zero-order valence-electron chi connectivity index (χ0n) is 14.5. The van der Waals surface area contributed by atoms with Gasteiger partial charge in [-0.1, -0.05) is 5.16 Å². The second-order valence-corrected chi connectivity index (χ2v) is 7.89. The minimum Gasteiger partial charge on any atom is -0.361 e. The van der Waals surface area contributed by atoms with E-state index in [4.69, 9.17) is 4.52 Å². The first-order valence-corrected chi connectivity index (χ1v) is 8.97. The number of carbonyl (C=O) groups is 2. The highest BCUT2D eigenvalue weighted by Gasteiger charge is 2.46. The maximum absolute atomic E-state index is 12.7. The zero-order valence-corrected chi connectivity index (χ0v) is 14.5. The Balaban J connectivity index is 1.40. The smallest absolute Gasteiger partial charge is 0.259 e. The Hall–Kier alpha value is -1.85. The lowest BCUT2D eigenvalue weighted by molar-refractivity contribution is -0.128. The summed E-state index contributed by atoms with van der Waals surface area (Å²) in [6, 6.07) is 0. The van der Waals surface area contributed by atoms with Crippen molar-refractivity contribution < 1.29 is 14.1 Å². The number of aryl methyl sites for hydroxylation is 2. The predicted molar refractivity (Wildman–Crippen MR) is 87.5 cm³/mol. The van der Waals surface area contributed by atoms with Gasteiger partial charge in [-0.3, -0.25) is 9.59 Å². The Kier molecular flexibility index (Phi) is 3.66. The fourth-order valence-electron chi connectivity index (χ4n) is 4.23. The molecular formula is C18H25N3O3. The first-order valence-electron chi connectivity index (χ1n) is 8.97. The van der Waals surface area contributed by atoms with Crippen LogP contribution in [0, 0.1) is 25.2 Å². The molecule has 2 amide bonds. The van der Waals surface area contributed by atoms with Crippen molar-refractivity contribution in [3.63, 3.8) is 0 Å². The lowest BCUT2D eigenvalue weighted by Gasteiger charge is -2.38. The molecule has 1 aliphatic carbocycles. The molecule has 2 saturated heterocycles. The van der Waals surface area contributed by atoms with Gasteiger partial charge in [0.05, 0.1) is 5.69 Å². The third-order valence-corrected chi connectivity index (χ3v) is 5.94. The lowest BCUT2D eigenvalue weighted by Crippen LogP contribution is -2.44. The Morgan fingerprint density at radius 2 is 2.00 bits per heavy atom. The van der Waals surface area contributed by atoms with E-state index in [0.29, 0.717) is 42.4 Å². The average Bonchev–Trinajstić information content (AvgIpc) is 3.23. The molecule has 3 aliphatic rings. The summed E-state index contributed by atoms with van der Waals surface area (Å²) in [5, 5.41) is 3.88. The van der Waals surface area contributed by atoms with Gasteiger partial charge in [-0.25, -0.2) is 0 Å². The zero-order chi connectivity index (χ0) is 16.9. The predicted octanol–water partition coefficient (Wildman–Crippen LogP) is 2.16. The molecule has 130 valence electrons. The number of nitrogens with zero attached hydrogens (tertiary/aromatic N) is 3. The van der Waals surface area contributed by atoms with Crippen molar-refractivity contribution in [3.05, 3.63) is 17.0 Å². The van der Waals surface area contributed by atoms with Crippen molar-refractivity contribution in [2.75, 3.05) is 26.2 Å². The summed E-state index contributed by atoms with van der Waals surface area (Å²) >= 11 is 0. The Labute approximate surface area is 142 Å². The normalized spacial score (nSPS) is 23.3. The maximum atomic E-state index is 12.7. The molecule has 1 aromatic rings. The summed E-state index contributed by atoms with van der Waals surface area (Å²) in [4.78, 5) is 29.0. The van der Waals surface area contributed by atoms with Gasteiger partial charge in [0.2, 0.25) is 5.91 Å². The number of likely N-dealkylation sites (tertiary alicyclic amines) is 2. The van der Waals surface area contributed by atoms with Crippen LogP contribution in [0.1, 0.15) is 53.9 Å².